The SMILES string of the molecule is CC1(C(=O)NC2CCCCC2)Cn2c(cc3occc32)C(=O)N1C1CCCCCC1. The van der Waals surface area contributed by atoms with Crippen LogP contribution in [0, 0.1) is 0 Å². The molecule has 0 spiro atoms. The Morgan fingerprint density at radius 3 is 2.47 bits per heavy atom. The van der Waals surface area contributed by atoms with Crippen LogP contribution in [0.3, 0.4) is 0 Å². The van der Waals surface area contributed by atoms with E-state index in [0.29, 0.717) is 12.2 Å². The molecule has 2 amide bonds. The molecule has 0 bridgehead atoms. The number of hydrogen-bond acceptors (Lipinski definition) is 3. The molecule has 6 heteroatoms. The maximum absolute atomic E-state index is 13.8. The maximum atomic E-state index is 13.8. The molecule has 30 heavy (non-hydrogen) atoms. The highest BCUT2D eigenvalue weighted by Crippen LogP contribution is 2.37. The lowest BCUT2D eigenvalue weighted by atomic mass is 9.89. The number of carbonyl (C=O) groups excluding carboxylic acids is 2. The summed E-state index contributed by atoms with van der Waals surface area (Å²) in [7, 11) is 0. The number of carbonyl (C=O) groups is 2. The van der Waals surface area contributed by atoms with Crippen LogP contribution >= 0.6 is 0 Å². The molecule has 1 N–H and O–H groups in total. The van der Waals surface area contributed by atoms with Gasteiger partial charge in [-0.15, -0.1) is 0 Å². The number of rotatable bonds is 3. The van der Waals surface area contributed by atoms with Gasteiger partial charge in [0.15, 0.2) is 5.58 Å². The predicted molar refractivity (Wildman–Crippen MR) is 115 cm³/mol. The summed E-state index contributed by atoms with van der Waals surface area (Å²) in [6, 6.07) is 4.10. The normalized spacial score (nSPS) is 26.6. The van der Waals surface area contributed by atoms with E-state index in [1.54, 1.807) is 6.26 Å². The van der Waals surface area contributed by atoms with Crippen molar-refractivity contribution >= 4 is 22.9 Å². The Hall–Kier alpha value is -2.24. The molecular formula is C24H33N3O3. The lowest BCUT2D eigenvalue weighted by Crippen LogP contribution is -2.67. The largest absolute Gasteiger partial charge is 0.463 e. The fraction of sp³-hybridized carbons (Fsp3) is 0.667. The van der Waals surface area contributed by atoms with Gasteiger partial charge in [-0.05, 0) is 32.6 Å². The van der Waals surface area contributed by atoms with Crippen molar-refractivity contribution in [3.8, 4) is 0 Å². The van der Waals surface area contributed by atoms with Crippen molar-refractivity contribution in [2.24, 2.45) is 0 Å². The zero-order valence-corrected chi connectivity index (χ0v) is 18.0. The summed E-state index contributed by atoms with van der Waals surface area (Å²) in [5, 5.41) is 3.33. The summed E-state index contributed by atoms with van der Waals surface area (Å²) in [6.45, 7) is 2.45. The average Bonchev–Trinajstić information content (AvgIpc) is 3.23. The van der Waals surface area contributed by atoms with Crippen LogP contribution in [0.15, 0.2) is 22.8 Å². The standard InChI is InChI=1S/C24H33N3O3/c1-24(23(29)25-17-9-5-4-6-10-17)16-26-19-13-14-30-21(19)15-20(26)22(28)27(24)18-11-7-2-3-8-12-18/h13-15,17-18H,2-12,16H2,1H3,(H,25,29). The Balaban J connectivity index is 1.53. The summed E-state index contributed by atoms with van der Waals surface area (Å²) in [5.41, 5.74) is 1.38. The molecule has 1 unspecified atom stereocenters. The number of amides is 2. The maximum Gasteiger partial charge on any atom is 0.271 e. The highest BCUT2D eigenvalue weighted by molar-refractivity contribution is 6.03. The van der Waals surface area contributed by atoms with E-state index in [1.807, 2.05) is 28.5 Å². The number of hydrogen-bond donors (Lipinski definition) is 1. The first kappa shape index (κ1) is 19.7. The van der Waals surface area contributed by atoms with E-state index in [-0.39, 0.29) is 23.9 Å². The fourth-order valence-electron chi connectivity index (χ4n) is 5.91. The number of furan rings is 1. The monoisotopic (exact) mass is 411 g/mol. The quantitative estimate of drug-likeness (QED) is 0.750. The van der Waals surface area contributed by atoms with Crippen LogP contribution in [0.1, 0.15) is 88.0 Å². The average molecular weight is 412 g/mol. The number of aromatic nitrogens is 1. The molecule has 162 valence electrons. The van der Waals surface area contributed by atoms with Crippen molar-refractivity contribution in [1.29, 1.82) is 0 Å². The third-order valence-electron chi connectivity index (χ3n) is 7.58. The van der Waals surface area contributed by atoms with Crippen LogP contribution < -0.4 is 5.32 Å². The minimum atomic E-state index is -0.889. The van der Waals surface area contributed by atoms with Gasteiger partial charge in [-0.2, -0.15) is 0 Å². The predicted octanol–water partition coefficient (Wildman–Crippen LogP) is 4.62. The van der Waals surface area contributed by atoms with Gasteiger partial charge in [-0.1, -0.05) is 44.9 Å². The molecule has 0 aromatic carbocycles. The van der Waals surface area contributed by atoms with Crippen molar-refractivity contribution < 1.29 is 14.0 Å². The molecular weight excluding hydrogens is 378 g/mol. The minimum Gasteiger partial charge on any atom is -0.463 e. The van der Waals surface area contributed by atoms with Gasteiger partial charge in [-0.3, -0.25) is 9.59 Å². The Bertz CT molecular complexity index is 931. The molecule has 6 nitrogen and oxygen atoms in total. The van der Waals surface area contributed by atoms with Gasteiger partial charge in [-0.25, -0.2) is 0 Å². The van der Waals surface area contributed by atoms with Crippen molar-refractivity contribution in [2.45, 2.75) is 102 Å². The number of nitrogens with one attached hydrogen (secondary N) is 1. The van der Waals surface area contributed by atoms with Crippen molar-refractivity contribution in [3.05, 3.63) is 24.1 Å². The Morgan fingerprint density at radius 1 is 1.07 bits per heavy atom. The molecule has 0 radical (unpaired) electrons. The second-order valence-electron chi connectivity index (χ2n) is 9.69. The summed E-state index contributed by atoms with van der Waals surface area (Å²) in [4.78, 5) is 29.5. The number of nitrogens with zero attached hydrogens (tertiary/aromatic N) is 2. The summed E-state index contributed by atoms with van der Waals surface area (Å²) in [6.07, 6.45) is 14.0. The molecule has 1 atom stereocenters. The van der Waals surface area contributed by atoms with Crippen LogP contribution in [0.4, 0.5) is 0 Å². The first-order valence-corrected chi connectivity index (χ1v) is 11.8. The second kappa shape index (κ2) is 7.78. The zero-order valence-electron chi connectivity index (χ0n) is 18.0. The second-order valence-corrected chi connectivity index (χ2v) is 9.69. The third-order valence-corrected chi connectivity index (χ3v) is 7.58. The highest BCUT2D eigenvalue weighted by atomic mass is 16.3. The van der Waals surface area contributed by atoms with E-state index in [0.717, 1.165) is 49.6 Å². The van der Waals surface area contributed by atoms with Crippen LogP contribution in [0.5, 0.6) is 0 Å². The molecule has 2 aromatic heterocycles. The molecule has 2 aliphatic carbocycles. The topological polar surface area (TPSA) is 67.5 Å². The molecule has 2 aromatic rings. The van der Waals surface area contributed by atoms with Crippen LogP contribution in [0.2, 0.25) is 0 Å². The molecule has 3 aliphatic rings. The molecule has 2 fully saturated rings. The first-order valence-electron chi connectivity index (χ1n) is 11.8. The minimum absolute atomic E-state index is 0.00277. The van der Waals surface area contributed by atoms with E-state index in [1.165, 1.54) is 32.1 Å². The fourth-order valence-corrected chi connectivity index (χ4v) is 5.91. The van der Waals surface area contributed by atoms with E-state index in [2.05, 4.69) is 5.32 Å². The Morgan fingerprint density at radius 2 is 1.73 bits per heavy atom. The Kier molecular flexibility index (Phi) is 5.11. The van der Waals surface area contributed by atoms with Crippen molar-refractivity contribution in [2.75, 3.05) is 0 Å². The Labute approximate surface area is 178 Å². The lowest BCUT2D eigenvalue weighted by Gasteiger charge is -2.48. The van der Waals surface area contributed by atoms with E-state index >= 15 is 0 Å². The van der Waals surface area contributed by atoms with Gasteiger partial charge < -0.3 is 19.2 Å². The lowest BCUT2D eigenvalue weighted by molar-refractivity contribution is -0.135. The molecule has 0 saturated heterocycles. The van der Waals surface area contributed by atoms with E-state index in [9.17, 15) is 9.59 Å². The molecule has 5 rings (SSSR count). The molecule has 3 heterocycles. The third kappa shape index (κ3) is 3.25. The van der Waals surface area contributed by atoms with E-state index in [4.69, 9.17) is 4.42 Å². The molecule has 2 saturated carbocycles. The molecule has 1 aliphatic heterocycles. The summed E-state index contributed by atoms with van der Waals surface area (Å²) in [5.74, 6) is -0.0242. The van der Waals surface area contributed by atoms with Gasteiger partial charge in [0.2, 0.25) is 5.91 Å². The first-order chi connectivity index (χ1) is 14.6. The summed E-state index contributed by atoms with van der Waals surface area (Å²) < 4.78 is 7.57. The zero-order chi connectivity index (χ0) is 20.7. The summed E-state index contributed by atoms with van der Waals surface area (Å²) >= 11 is 0. The van der Waals surface area contributed by atoms with Crippen molar-refractivity contribution in [3.63, 3.8) is 0 Å². The van der Waals surface area contributed by atoms with Gasteiger partial charge in [0, 0.05) is 24.2 Å². The van der Waals surface area contributed by atoms with Crippen LogP contribution in [0.25, 0.3) is 11.1 Å². The van der Waals surface area contributed by atoms with Crippen molar-refractivity contribution in [1.82, 2.24) is 14.8 Å². The van der Waals surface area contributed by atoms with Crippen LogP contribution in [-0.2, 0) is 11.3 Å². The van der Waals surface area contributed by atoms with E-state index < -0.39 is 5.54 Å². The highest BCUT2D eigenvalue weighted by Gasteiger charge is 2.50. The smallest absolute Gasteiger partial charge is 0.271 e. The number of fused-ring (bicyclic) bond motifs is 3. The van der Waals surface area contributed by atoms with Crippen LogP contribution in [-0.4, -0.2) is 38.9 Å². The van der Waals surface area contributed by atoms with Gasteiger partial charge >= 0.3 is 0 Å². The van der Waals surface area contributed by atoms with Gasteiger partial charge in [0.05, 0.1) is 18.3 Å². The van der Waals surface area contributed by atoms with Gasteiger partial charge in [0.1, 0.15) is 11.2 Å². The van der Waals surface area contributed by atoms with Gasteiger partial charge in [0.25, 0.3) is 5.91 Å².